The van der Waals surface area contributed by atoms with Crippen molar-refractivity contribution in [1.29, 1.82) is 0 Å². The maximum absolute atomic E-state index is 11.5. The maximum Gasteiger partial charge on any atom is 0.239 e. The molecule has 0 aliphatic carbocycles. The number of likely N-dealkylation sites (N-methyl/N-ethyl adjacent to an activating group) is 1. The molecule has 0 heterocycles. The Hall–Kier alpha value is -1.87. The number of amides is 1. The van der Waals surface area contributed by atoms with Crippen LogP contribution in [-0.2, 0) is 4.79 Å². The highest BCUT2D eigenvalue weighted by Crippen LogP contribution is 2.23. The predicted octanol–water partition coefficient (Wildman–Crippen LogP) is 2.24. The number of nitrogens with two attached hydrogens (primary N) is 1. The summed E-state index contributed by atoms with van der Waals surface area (Å²) in [6, 6.07) is 11.9. The van der Waals surface area contributed by atoms with Crippen molar-refractivity contribution >= 4 is 16.7 Å². The summed E-state index contributed by atoms with van der Waals surface area (Å²) >= 11 is 0. The number of carbonyl (C=O) groups is 1. The molecule has 0 fully saturated rings. The van der Waals surface area contributed by atoms with Gasteiger partial charge in [0.1, 0.15) is 6.04 Å². The summed E-state index contributed by atoms with van der Waals surface area (Å²) in [6.45, 7) is 2.07. The smallest absolute Gasteiger partial charge is 0.239 e. The molecule has 0 aliphatic rings. The van der Waals surface area contributed by atoms with Gasteiger partial charge in [0.15, 0.2) is 0 Å². The standard InChI is InChI=1S/C15H18N2O/c1-10-4-5-12-9-13(7-6-11(12)8-10)14(15(16)18)17(2)3/h4-9,14H,1-3H3,(H2,16,18). The SMILES string of the molecule is Cc1ccc2cc(C(C(N)=O)N(C)C)ccc2c1. The van der Waals surface area contributed by atoms with Crippen molar-refractivity contribution in [2.75, 3.05) is 14.1 Å². The maximum atomic E-state index is 11.5. The first-order valence-electron chi connectivity index (χ1n) is 5.95. The highest BCUT2D eigenvalue weighted by molar-refractivity contribution is 5.87. The van der Waals surface area contributed by atoms with Gasteiger partial charge < -0.3 is 5.73 Å². The summed E-state index contributed by atoms with van der Waals surface area (Å²) in [7, 11) is 3.71. The predicted molar refractivity (Wildman–Crippen MR) is 74.3 cm³/mol. The fourth-order valence-corrected chi connectivity index (χ4v) is 2.27. The number of fused-ring (bicyclic) bond motifs is 1. The molecule has 3 heteroatoms. The molecule has 0 aromatic heterocycles. The molecule has 0 spiro atoms. The Kier molecular flexibility index (Phi) is 3.34. The van der Waals surface area contributed by atoms with Gasteiger partial charge in [0.25, 0.3) is 0 Å². The summed E-state index contributed by atoms with van der Waals surface area (Å²) in [5, 5.41) is 2.31. The van der Waals surface area contributed by atoms with E-state index in [1.807, 2.05) is 37.2 Å². The minimum atomic E-state index is -0.379. The molecule has 1 unspecified atom stereocenters. The van der Waals surface area contributed by atoms with Gasteiger partial charge >= 0.3 is 0 Å². The first-order valence-corrected chi connectivity index (χ1v) is 5.95. The van der Waals surface area contributed by atoms with Gasteiger partial charge in [-0.1, -0.05) is 35.9 Å². The second kappa shape index (κ2) is 4.78. The normalized spacial score (nSPS) is 12.9. The van der Waals surface area contributed by atoms with E-state index in [4.69, 9.17) is 5.73 Å². The number of hydrogen-bond donors (Lipinski definition) is 1. The fraction of sp³-hybridized carbons (Fsp3) is 0.267. The van der Waals surface area contributed by atoms with Gasteiger partial charge in [0, 0.05) is 0 Å². The zero-order valence-corrected chi connectivity index (χ0v) is 11.0. The van der Waals surface area contributed by atoms with Crippen molar-refractivity contribution in [2.24, 2.45) is 5.73 Å². The van der Waals surface area contributed by atoms with Gasteiger partial charge in [-0.3, -0.25) is 9.69 Å². The molecule has 1 amide bonds. The Balaban J connectivity index is 2.52. The average molecular weight is 242 g/mol. The van der Waals surface area contributed by atoms with E-state index >= 15 is 0 Å². The molecule has 18 heavy (non-hydrogen) atoms. The van der Waals surface area contributed by atoms with E-state index in [2.05, 4.69) is 25.1 Å². The van der Waals surface area contributed by atoms with Crippen LogP contribution in [0.4, 0.5) is 0 Å². The van der Waals surface area contributed by atoms with Crippen LogP contribution >= 0.6 is 0 Å². The van der Waals surface area contributed by atoms with E-state index in [0.29, 0.717) is 0 Å². The topological polar surface area (TPSA) is 46.3 Å². The van der Waals surface area contributed by atoms with Crippen LogP contribution in [0.15, 0.2) is 36.4 Å². The second-order valence-corrected chi connectivity index (χ2v) is 4.88. The van der Waals surface area contributed by atoms with E-state index in [9.17, 15) is 4.79 Å². The third-order valence-corrected chi connectivity index (χ3v) is 3.12. The minimum absolute atomic E-state index is 0.327. The molecule has 0 saturated carbocycles. The zero-order valence-electron chi connectivity index (χ0n) is 11.0. The average Bonchev–Trinajstić information content (AvgIpc) is 2.28. The lowest BCUT2D eigenvalue weighted by Crippen LogP contribution is -2.32. The molecule has 0 bridgehead atoms. The van der Waals surface area contributed by atoms with Gasteiger partial charge in [-0.05, 0) is 43.4 Å². The van der Waals surface area contributed by atoms with Crippen molar-refractivity contribution < 1.29 is 4.79 Å². The Bertz CT molecular complexity index is 590. The lowest BCUT2D eigenvalue weighted by Gasteiger charge is -2.21. The molecular formula is C15H18N2O. The quantitative estimate of drug-likeness (QED) is 0.897. The number of hydrogen-bond acceptors (Lipinski definition) is 2. The third kappa shape index (κ3) is 2.36. The molecule has 2 aromatic carbocycles. The van der Waals surface area contributed by atoms with Crippen LogP contribution in [0.25, 0.3) is 10.8 Å². The van der Waals surface area contributed by atoms with Gasteiger partial charge in [-0.2, -0.15) is 0 Å². The molecule has 0 aliphatic heterocycles. The van der Waals surface area contributed by atoms with Crippen molar-refractivity contribution in [3.8, 4) is 0 Å². The summed E-state index contributed by atoms with van der Waals surface area (Å²) in [4.78, 5) is 13.3. The second-order valence-electron chi connectivity index (χ2n) is 4.88. The largest absolute Gasteiger partial charge is 0.368 e. The van der Waals surface area contributed by atoms with Crippen molar-refractivity contribution in [2.45, 2.75) is 13.0 Å². The highest BCUT2D eigenvalue weighted by Gasteiger charge is 2.20. The monoisotopic (exact) mass is 242 g/mol. The summed E-state index contributed by atoms with van der Waals surface area (Å²) in [6.07, 6.45) is 0. The van der Waals surface area contributed by atoms with Crippen LogP contribution < -0.4 is 5.73 Å². The first-order chi connectivity index (χ1) is 8.49. The zero-order chi connectivity index (χ0) is 13.3. The van der Waals surface area contributed by atoms with E-state index in [-0.39, 0.29) is 11.9 Å². The molecule has 3 nitrogen and oxygen atoms in total. The van der Waals surface area contributed by atoms with Crippen LogP contribution in [0.3, 0.4) is 0 Å². The number of carbonyl (C=O) groups excluding carboxylic acids is 1. The van der Waals surface area contributed by atoms with Crippen molar-refractivity contribution in [1.82, 2.24) is 4.90 Å². The third-order valence-electron chi connectivity index (χ3n) is 3.12. The molecule has 2 rings (SSSR count). The Morgan fingerprint density at radius 1 is 1.11 bits per heavy atom. The molecule has 2 aromatic rings. The van der Waals surface area contributed by atoms with Crippen LogP contribution in [0.1, 0.15) is 17.2 Å². The fourth-order valence-electron chi connectivity index (χ4n) is 2.27. The van der Waals surface area contributed by atoms with Gasteiger partial charge in [0.2, 0.25) is 5.91 Å². The summed E-state index contributed by atoms with van der Waals surface area (Å²) in [5.74, 6) is -0.327. The van der Waals surface area contributed by atoms with Crippen LogP contribution in [0.2, 0.25) is 0 Å². The number of nitrogens with zero attached hydrogens (tertiary/aromatic N) is 1. The van der Waals surface area contributed by atoms with Gasteiger partial charge in [-0.15, -0.1) is 0 Å². The van der Waals surface area contributed by atoms with Crippen LogP contribution in [0, 0.1) is 6.92 Å². The lowest BCUT2D eigenvalue weighted by molar-refractivity contribution is -0.122. The van der Waals surface area contributed by atoms with Gasteiger partial charge in [-0.25, -0.2) is 0 Å². The van der Waals surface area contributed by atoms with E-state index in [1.165, 1.54) is 10.9 Å². The number of rotatable bonds is 3. The van der Waals surface area contributed by atoms with Crippen molar-refractivity contribution in [3.63, 3.8) is 0 Å². The van der Waals surface area contributed by atoms with Crippen LogP contribution in [-0.4, -0.2) is 24.9 Å². The number of aryl methyl sites for hydroxylation is 1. The molecule has 2 N–H and O–H groups in total. The summed E-state index contributed by atoms with van der Waals surface area (Å²) in [5.41, 5.74) is 7.62. The molecule has 0 saturated heterocycles. The van der Waals surface area contributed by atoms with E-state index < -0.39 is 0 Å². The van der Waals surface area contributed by atoms with Gasteiger partial charge in [0.05, 0.1) is 0 Å². The molecule has 1 atom stereocenters. The minimum Gasteiger partial charge on any atom is -0.368 e. The Labute approximate surface area is 107 Å². The van der Waals surface area contributed by atoms with Crippen LogP contribution in [0.5, 0.6) is 0 Å². The highest BCUT2D eigenvalue weighted by atomic mass is 16.1. The van der Waals surface area contributed by atoms with Crippen molar-refractivity contribution in [3.05, 3.63) is 47.5 Å². The van der Waals surface area contributed by atoms with E-state index in [1.54, 1.807) is 0 Å². The molecule has 0 radical (unpaired) electrons. The molecule has 94 valence electrons. The Morgan fingerprint density at radius 2 is 1.72 bits per heavy atom. The number of benzene rings is 2. The van der Waals surface area contributed by atoms with E-state index in [0.717, 1.165) is 10.9 Å². The Morgan fingerprint density at radius 3 is 2.33 bits per heavy atom. The summed E-state index contributed by atoms with van der Waals surface area (Å²) < 4.78 is 0. The first kappa shape index (κ1) is 12.6. The lowest BCUT2D eigenvalue weighted by atomic mass is 10.00. The number of primary amides is 1. The molecular weight excluding hydrogens is 224 g/mol.